The number of hydrogen-bond donors (Lipinski definition) is 1. The Hall–Kier alpha value is -0.540. The molecule has 1 heterocycles. The molecule has 2 atom stereocenters. The van der Waals surface area contributed by atoms with Crippen LogP contribution in [0.25, 0.3) is 0 Å². The van der Waals surface area contributed by atoms with Crippen LogP contribution < -0.4 is 5.32 Å². The second-order valence-electron chi connectivity index (χ2n) is 6.13. The zero-order chi connectivity index (χ0) is 14.8. The van der Waals surface area contributed by atoms with Gasteiger partial charge in [0.1, 0.15) is 0 Å². The van der Waals surface area contributed by atoms with E-state index in [0.717, 1.165) is 0 Å². The maximum Gasteiger partial charge on any atom is 0.0963 e. The minimum Gasteiger partial charge on any atom is -0.316 e. The van der Waals surface area contributed by atoms with Gasteiger partial charge >= 0.3 is 0 Å². The first-order valence-corrected chi connectivity index (χ1v) is 9.53. The molecule has 1 saturated carbocycles. The summed E-state index contributed by atoms with van der Waals surface area (Å²) in [6, 6.07) is 6.86. The molecule has 2 unspecified atom stereocenters. The van der Waals surface area contributed by atoms with Crippen molar-refractivity contribution < 1.29 is 0 Å². The Bertz CT molecular complexity index is 369. The fourth-order valence-electron chi connectivity index (χ4n) is 3.20. The summed E-state index contributed by atoms with van der Waals surface area (Å²) in [6.07, 6.45) is 15.8. The first-order chi connectivity index (χ1) is 10.4. The van der Waals surface area contributed by atoms with Gasteiger partial charge in [0.2, 0.25) is 0 Å². The van der Waals surface area contributed by atoms with Crippen molar-refractivity contribution in [2.75, 3.05) is 7.05 Å². The van der Waals surface area contributed by atoms with E-state index >= 15 is 0 Å². The highest BCUT2D eigenvalue weighted by Gasteiger charge is 2.21. The van der Waals surface area contributed by atoms with Gasteiger partial charge in [-0.05, 0) is 32.0 Å². The van der Waals surface area contributed by atoms with E-state index in [1.807, 2.05) is 24.0 Å². The lowest BCUT2D eigenvalue weighted by molar-refractivity contribution is 0.434. The molecular formula is C18H30N2S. The van der Waals surface area contributed by atoms with Crippen molar-refractivity contribution in [3.8, 4) is 0 Å². The lowest BCUT2D eigenvalue weighted by Crippen LogP contribution is -2.35. The normalized spacial score (nSPS) is 25.8. The van der Waals surface area contributed by atoms with E-state index in [2.05, 4.69) is 29.5 Å². The van der Waals surface area contributed by atoms with Gasteiger partial charge in [0.15, 0.2) is 0 Å². The SMILES string of the molecule is CNC1CCCCCCCCCCC1Sc1ccccn1. The van der Waals surface area contributed by atoms with Crippen molar-refractivity contribution in [2.24, 2.45) is 0 Å². The van der Waals surface area contributed by atoms with Crippen LogP contribution in [0.1, 0.15) is 64.2 Å². The highest BCUT2D eigenvalue weighted by molar-refractivity contribution is 7.99. The van der Waals surface area contributed by atoms with Crippen molar-refractivity contribution >= 4 is 11.8 Å². The van der Waals surface area contributed by atoms with Crippen molar-refractivity contribution in [2.45, 2.75) is 80.5 Å². The molecule has 1 fully saturated rings. The smallest absolute Gasteiger partial charge is 0.0963 e. The molecule has 2 nitrogen and oxygen atoms in total. The Morgan fingerprint density at radius 2 is 1.62 bits per heavy atom. The highest BCUT2D eigenvalue weighted by atomic mass is 32.2. The molecule has 1 N–H and O–H groups in total. The zero-order valence-electron chi connectivity index (χ0n) is 13.4. The molecule has 0 aliphatic heterocycles. The van der Waals surface area contributed by atoms with Gasteiger partial charge in [-0.2, -0.15) is 0 Å². The van der Waals surface area contributed by atoms with Gasteiger partial charge < -0.3 is 5.32 Å². The minimum atomic E-state index is 0.622. The molecule has 1 aliphatic rings. The lowest BCUT2D eigenvalue weighted by Gasteiger charge is -2.27. The number of aromatic nitrogens is 1. The van der Waals surface area contributed by atoms with Crippen molar-refractivity contribution in [3.63, 3.8) is 0 Å². The predicted molar refractivity (Wildman–Crippen MR) is 92.9 cm³/mol. The average molecular weight is 307 g/mol. The third-order valence-electron chi connectivity index (χ3n) is 4.48. The molecule has 3 heteroatoms. The van der Waals surface area contributed by atoms with Gasteiger partial charge in [-0.25, -0.2) is 4.98 Å². The van der Waals surface area contributed by atoms with Gasteiger partial charge in [-0.3, -0.25) is 0 Å². The molecule has 0 bridgehead atoms. The van der Waals surface area contributed by atoms with Crippen LogP contribution in [0.5, 0.6) is 0 Å². The largest absolute Gasteiger partial charge is 0.316 e. The Morgan fingerprint density at radius 1 is 0.952 bits per heavy atom. The Morgan fingerprint density at radius 3 is 2.24 bits per heavy atom. The summed E-state index contributed by atoms with van der Waals surface area (Å²) in [4.78, 5) is 4.51. The van der Waals surface area contributed by atoms with E-state index in [-0.39, 0.29) is 0 Å². The number of pyridine rings is 1. The summed E-state index contributed by atoms with van der Waals surface area (Å²) >= 11 is 1.97. The molecule has 0 spiro atoms. The van der Waals surface area contributed by atoms with E-state index in [0.29, 0.717) is 11.3 Å². The van der Waals surface area contributed by atoms with Crippen LogP contribution in [0, 0.1) is 0 Å². The van der Waals surface area contributed by atoms with Crippen LogP contribution in [0.2, 0.25) is 0 Å². The van der Waals surface area contributed by atoms with Crippen molar-refractivity contribution in [1.82, 2.24) is 10.3 Å². The van der Waals surface area contributed by atoms with Gasteiger partial charge in [0.25, 0.3) is 0 Å². The first-order valence-electron chi connectivity index (χ1n) is 8.65. The van der Waals surface area contributed by atoms with Crippen LogP contribution >= 0.6 is 11.8 Å². The average Bonchev–Trinajstić information content (AvgIpc) is 2.51. The van der Waals surface area contributed by atoms with E-state index in [1.54, 1.807) is 0 Å². The summed E-state index contributed by atoms with van der Waals surface area (Å²) in [5, 5.41) is 5.41. The number of hydrogen-bond acceptors (Lipinski definition) is 3. The van der Waals surface area contributed by atoms with Crippen LogP contribution in [0.15, 0.2) is 29.4 Å². The Kier molecular flexibility index (Phi) is 8.20. The third kappa shape index (κ3) is 6.39. The molecular weight excluding hydrogens is 276 g/mol. The van der Waals surface area contributed by atoms with E-state index in [9.17, 15) is 0 Å². The van der Waals surface area contributed by atoms with Gasteiger partial charge in [-0.1, -0.05) is 57.4 Å². The van der Waals surface area contributed by atoms with Crippen LogP contribution in [-0.4, -0.2) is 23.3 Å². The van der Waals surface area contributed by atoms with E-state index in [4.69, 9.17) is 0 Å². The fourth-order valence-corrected chi connectivity index (χ4v) is 4.51. The standard InChI is InChI=1S/C18H30N2S/c1-19-16-12-8-6-4-2-3-5-7-9-13-17(16)21-18-14-10-11-15-20-18/h10-11,14-17,19H,2-9,12-13H2,1H3. The van der Waals surface area contributed by atoms with Gasteiger partial charge in [-0.15, -0.1) is 11.8 Å². The van der Waals surface area contributed by atoms with Crippen molar-refractivity contribution in [3.05, 3.63) is 24.4 Å². The molecule has 2 rings (SSSR count). The monoisotopic (exact) mass is 306 g/mol. The summed E-state index contributed by atoms with van der Waals surface area (Å²) in [5.41, 5.74) is 0. The quantitative estimate of drug-likeness (QED) is 0.846. The topological polar surface area (TPSA) is 24.9 Å². The number of thioether (sulfide) groups is 1. The summed E-state index contributed by atoms with van der Waals surface area (Å²) in [6.45, 7) is 0. The molecule has 0 radical (unpaired) electrons. The van der Waals surface area contributed by atoms with Crippen LogP contribution in [-0.2, 0) is 0 Å². The second-order valence-corrected chi connectivity index (χ2v) is 7.38. The molecule has 1 aliphatic carbocycles. The summed E-state index contributed by atoms with van der Waals surface area (Å²) in [5.74, 6) is 0. The number of nitrogens with zero attached hydrogens (tertiary/aromatic N) is 1. The molecule has 0 amide bonds. The third-order valence-corrected chi connectivity index (χ3v) is 5.83. The molecule has 118 valence electrons. The summed E-state index contributed by atoms with van der Waals surface area (Å²) in [7, 11) is 2.13. The number of nitrogens with one attached hydrogen (secondary N) is 1. The first kappa shape index (κ1) is 16.8. The Balaban J connectivity index is 1.96. The van der Waals surface area contributed by atoms with E-state index < -0.39 is 0 Å². The van der Waals surface area contributed by atoms with Gasteiger partial charge in [0.05, 0.1) is 5.03 Å². The fraction of sp³-hybridized carbons (Fsp3) is 0.722. The summed E-state index contributed by atoms with van der Waals surface area (Å²) < 4.78 is 0. The van der Waals surface area contributed by atoms with Gasteiger partial charge in [0, 0.05) is 17.5 Å². The minimum absolute atomic E-state index is 0.622. The Labute approximate surface area is 134 Å². The molecule has 1 aromatic rings. The highest BCUT2D eigenvalue weighted by Crippen LogP contribution is 2.30. The number of rotatable bonds is 3. The molecule has 0 aromatic carbocycles. The van der Waals surface area contributed by atoms with Crippen molar-refractivity contribution in [1.29, 1.82) is 0 Å². The molecule has 1 aromatic heterocycles. The zero-order valence-corrected chi connectivity index (χ0v) is 14.2. The predicted octanol–water partition coefficient (Wildman–Crippen LogP) is 5.04. The molecule has 0 saturated heterocycles. The maximum atomic E-state index is 4.51. The maximum absolute atomic E-state index is 4.51. The second kappa shape index (κ2) is 10.2. The van der Waals surface area contributed by atoms with Crippen LogP contribution in [0.4, 0.5) is 0 Å². The lowest BCUT2D eigenvalue weighted by atomic mass is 9.97. The van der Waals surface area contributed by atoms with Crippen LogP contribution in [0.3, 0.4) is 0 Å². The molecule has 21 heavy (non-hydrogen) atoms. The van der Waals surface area contributed by atoms with E-state index in [1.165, 1.54) is 69.2 Å².